The third kappa shape index (κ3) is 36.1. The van der Waals surface area contributed by atoms with Gasteiger partial charge in [-0.2, -0.15) is 0 Å². The van der Waals surface area contributed by atoms with Gasteiger partial charge >= 0.3 is 0 Å². The Morgan fingerprint density at radius 1 is 0.303 bits per heavy atom. The maximum atomic E-state index is 5.89. The molecule has 772 valence electrons. The van der Waals surface area contributed by atoms with Crippen LogP contribution < -0.4 is 81.7 Å². The molecule has 36 heteroatoms. The van der Waals surface area contributed by atoms with E-state index in [0.29, 0.717) is 87.7 Å². The molecule has 8 fully saturated rings. The highest BCUT2D eigenvalue weighted by atomic mass is 16.5. The van der Waals surface area contributed by atoms with Crippen LogP contribution in [0, 0.1) is 25.7 Å². The number of nitrogens with one attached hydrogen (secondary N) is 8. The molecule has 0 amide bonds. The van der Waals surface area contributed by atoms with E-state index in [-0.39, 0.29) is 23.3 Å². The van der Waals surface area contributed by atoms with Crippen LogP contribution >= 0.6 is 0 Å². The minimum absolute atomic E-state index is 0.107. The number of hydrogen-bond donors (Lipinski definition) is 8. The van der Waals surface area contributed by atoms with Crippen molar-refractivity contribution in [2.45, 2.75) is 182 Å². The fraction of sp³-hybridized carbons (Fsp3) is 0.547. The van der Waals surface area contributed by atoms with E-state index in [1.165, 1.54) is 35.1 Å². The molecule has 36 nitrogen and oxygen atoms in total. The number of hydrogen-bond acceptors (Lipinski definition) is 36. The zero-order valence-corrected chi connectivity index (χ0v) is 85.5. The fourth-order valence-corrected chi connectivity index (χ4v) is 18.3. The summed E-state index contributed by atoms with van der Waals surface area (Å²) in [5, 5.41) is 58.8. The summed E-state index contributed by atoms with van der Waals surface area (Å²) < 4.78 is 64.7. The predicted octanol–water partition coefficient (Wildman–Crippen LogP) is 12.9. The molecule has 8 aromatic heterocycles. The Labute approximate surface area is 838 Å². The van der Waals surface area contributed by atoms with E-state index in [1.807, 2.05) is 98.8 Å². The minimum atomic E-state index is -0.108. The zero-order valence-electron chi connectivity index (χ0n) is 85.5. The molecule has 8 N–H and O–H groups in total. The van der Waals surface area contributed by atoms with E-state index in [0.717, 1.165) is 228 Å². The molecule has 8 atom stereocenters. The first kappa shape index (κ1) is 108. The van der Waals surface area contributed by atoms with Crippen LogP contribution in [-0.2, 0) is 45.0 Å². The molecule has 0 aliphatic carbocycles. The first-order valence-corrected chi connectivity index (χ1v) is 50.9. The standard InChI is InChI=1S/C16H21N3O2.C15H19N3O2.2C14H17N3O.C13H23N3O2.C12H21N3O2.2C11H19N3O/c1-13-9-16(18-21-13)19-8-7-17-10-15(19)12-20-11-14-5-3-2-4-6-14;1-2-4-13(5-3-1)11-19-12-14-10-16-8-9-18(14)15-6-7-17-20-15;1-2-4-12(5-3-1)10-13-11-15-7-8-17(13)14-6-9-18-16-14;1-2-4-12(5-3-1)10-13-11-15-8-9-17(13)14-6-7-16-18-14;1-10-7-12(15-18-10)16-6-5-14-8-11(16)9-17-13(2,3)4;1-12(2,3)16-9-10-8-13-6-7-15(10)11-4-5-14-17-11;1-9(2)7-10-8-12-4-5-14(10)11-3-6-15-13-11;1-9(2)7-10-8-12-5-6-14(10)11-3-4-13-15-11/h2-6,9,15,17H,7-8,10-12H2,1H3;1-7,14,16H,8-12H2;1-6,9,13,15H,7-8,10-11H2;1-7,13,15H,8-11H2;7,11,14H,5-6,8-9H2,1-4H3;4-5,10,13H,6-9H2,1-3H3;3,6,9-10,12H,4-5,7-8H2,1-2H3;3-4,9-10,12H,5-8H2,1-2H3. The highest BCUT2D eigenvalue weighted by Crippen LogP contribution is 2.29. The van der Waals surface area contributed by atoms with Gasteiger partial charge in [-0.15, -0.1) is 0 Å². The Bertz CT molecular complexity index is 5040. The third-order valence-corrected chi connectivity index (χ3v) is 25.3. The van der Waals surface area contributed by atoms with Crippen LogP contribution in [0.3, 0.4) is 0 Å². The maximum Gasteiger partial charge on any atom is 0.227 e. The van der Waals surface area contributed by atoms with Gasteiger partial charge in [0.1, 0.15) is 24.0 Å². The average molecular weight is 1960 g/mol. The summed E-state index contributed by atoms with van der Waals surface area (Å²) in [5.41, 5.74) is 4.90. The molecule has 0 saturated carbocycles. The molecule has 0 radical (unpaired) electrons. The summed E-state index contributed by atoms with van der Waals surface area (Å²) in [6.07, 6.45) is 14.5. The predicted molar refractivity (Wildman–Crippen MR) is 556 cm³/mol. The number of piperazine rings is 8. The van der Waals surface area contributed by atoms with Crippen molar-refractivity contribution in [3.63, 3.8) is 0 Å². The Hall–Kier alpha value is -11.5. The summed E-state index contributed by atoms with van der Waals surface area (Å²) in [6.45, 7) is 52.6. The van der Waals surface area contributed by atoms with Crippen LogP contribution in [0.15, 0.2) is 243 Å². The summed E-state index contributed by atoms with van der Waals surface area (Å²) >= 11 is 0. The average Bonchev–Trinajstić information content (AvgIpc) is 1.77. The van der Waals surface area contributed by atoms with Crippen LogP contribution in [-0.4, -0.2) is 284 Å². The molecule has 20 rings (SSSR count). The van der Waals surface area contributed by atoms with Crippen molar-refractivity contribution in [1.82, 2.24) is 83.8 Å². The lowest BCUT2D eigenvalue weighted by Crippen LogP contribution is -2.54. The molecule has 8 aliphatic rings. The van der Waals surface area contributed by atoms with Gasteiger partial charge in [0, 0.05) is 230 Å². The summed E-state index contributed by atoms with van der Waals surface area (Å²) in [6, 6.07) is 60.3. The van der Waals surface area contributed by atoms with Gasteiger partial charge in [-0.25, -0.2) is 0 Å². The lowest BCUT2D eigenvalue weighted by atomic mass is 10.0. The van der Waals surface area contributed by atoms with Gasteiger partial charge in [0.05, 0.1) is 99.8 Å². The molecule has 16 heterocycles. The van der Waals surface area contributed by atoms with Crippen molar-refractivity contribution in [2.75, 3.05) is 223 Å². The fourth-order valence-electron chi connectivity index (χ4n) is 18.3. The monoisotopic (exact) mass is 1960 g/mol. The number of nitrogens with zero attached hydrogens (tertiary/aromatic N) is 16. The first-order valence-electron chi connectivity index (χ1n) is 50.9. The van der Waals surface area contributed by atoms with Gasteiger partial charge in [0.2, 0.25) is 23.5 Å². The number of anilines is 8. The van der Waals surface area contributed by atoms with Crippen LogP contribution in [0.4, 0.5) is 46.8 Å². The van der Waals surface area contributed by atoms with Gasteiger partial charge in [-0.1, -0.05) is 190 Å². The van der Waals surface area contributed by atoms with E-state index >= 15 is 0 Å². The molecule has 142 heavy (non-hydrogen) atoms. The molecule has 8 unspecified atom stereocenters. The van der Waals surface area contributed by atoms with Crippen molar-refractivity contribution in [3.05, 3.63) is 241 Å². The second kappa shape index (κ2) is 57.7. The zero-order chi connectivity index (χ0) is 99.4. The van der Waals surface area contributed by atoms with E-state index in [1.54, 1.807) is 37.3 Å². The van der Waals surface area contributed by atoms with Gasteiger partial charge in [0.25, 0.3) is 0 Å². The normalized spacial score (nSPS) is 20.6. The summed E-state index contributed by atoms with van der Waals surface area (Å²) in [7, 11) is 0. The van der Waals surface area contributed by atoms with E-state index < -0.39 is 0 Å². The van der Waals surface area contributed by atoms with E-state index in [9.17, 15) is 0 Å². The Morgan fingerprint density at radius 3 is 0.873 bits per heavy atom. The van der Waals surface area contributed by atoms with Crippen LogP contribution in [0.2, 0.25) is 0 Å². The van der Waals surface area contributed by atoms with E-state index in [2.05, 4.69) is 277 Å². The maximum absolute atomic E-state index is 5.89. The molecule has 0 spiro atoms. The van der Waals surface area contributed by atoms with Gasteiger partial charge in [0.15, 0.2) is 23.3 Å². The lowest BCUT2D eigenvalue weighted by molar-refractivity contribution is -0.0125. The van der Waals surface area contributed by atoms with Crippen molar-refractivity contribution in [3.8, 4) is 0 Å². The molecule has 12 aromatic rings. The van der Waals surface area contributed by atoms with Crippen LogP contribution in [0.5, 0.6) is 0 Å². The second-order valence-corrected chi connectivity index (χ2v) is 39.6. The quantitative estimate of drug-likeness (QED) is 0.0226. The lowest BCUT2D eigenvalue weighted by Gasteiger charge is -2.37. The number of rotatable bonds is 28. The van der Waals surface area contributed by atoms with Crippen LogP contribution in [0.1, 0.15) is 116 Å². The molecule has 8 aliphatic heterocycles. The third-order valence-electron chi connectivity index (χ3n) is 25.3. The number of benzene rings is 4. The van der Waals surface area contributed by atoms with E-state index in [4.69, 9.17) is 55.1 Å². The largest absolute Gasteiger partial charge is 0.375 e. The summed E-state index contributed by atoms with van der Waals surface area (Å²) in [4.78, 5) is 18.3. The number of aromatic nitrogens is 8. The molecule has 4 aromatic carbocycles. The SMILES string of the molecule is CC(C)(C)OCC1CNCCN1c1ccno1.CC(C)CC1CNCCN1c1ccno1.CC(C)CC1CNCCN1c1ccon1.Cc1cc(N2CCNCC2COC(C)(C)C)no1.Cc1cc(N2CCNCC2COCc2ccccc2)no1.c1ccc(CC2CNCCN2c2ccno2)cc1.c1ccc(CC2CNCCN2c2ccon2)cc1.c1ccc(COCC2CNCCN2c2ccno2)cc1. The Balaban J connectivity index is 0.000000137. The number of ether oxygens (including phenoxy) is 4. The van der Waals surface area contributed by atoms with Gasteiger partial charge in [-0.05, 0) is 115 Å². The highest BCUT2D eigenvalue weighted by molar-refractivity contribution is 5.45. The molecular formula is C106H156N24O12. The van der Waals surface area contributed by atoms with Crippen LogP contribution in [0.25, 0.3) is 0 Å². The minimum Gasteiger partial charge on any atom is -0.375 e. The van der Waals surface area contributed by atoms with Crippen molar-refractivity contribution < 1.29 is 55.1 Å². The van der Waals surface area contributed by atoms with Gasteiger partial charge in [-0.3, -0.25) is 0 Å². The molecular weight excluding hydrogens is 1800 g/mol. The second-order valence-electron chi connectivity index (χ2n) is 39.6. The topological polar surface area (TPSA) is 367 Å². The van der Waals surface area contributed by atoms with Crippen molar-refractivity contribution >= 4 is 46.8 Å². The Morgan fingerprint density at radius 2 is 0.570 bits per heavy atom. The highest BCUT2D eigenvalue weighted by Gasteiger charge is 2.34. The molecule has 8 saturated heterocycles. The van der Waals surface area contributed by atoms with Gasteiger partial charge < -0.3 is 137 Å². The Kier molecular flexibility index (Phi) is 43.8. The van der Waals surface area contributed by atoms with Crippen molar-refractivity contribution in [1.29, 1.82) is 0 Å². The first-order chi connectivity index (χ1) is 69.2. The van der Waals surface area contributed by atoms with Crippen molar-refractivity contribution in [2.24, 2.45) is 11.8 Å². The molecule has 0 bridgehead atoms. The smallest absolute Gasteiger partial charge is 0.227 e. The number of aryl methyl sites for hydroxylation is 2. The summed E-state index contributed by atoms with van der Waals surface area (Å²) in [5.74, 6) is 10.3.